The molecule has 0 amide bonds. The number of thiophene rings is 1. The molecular formula is C17H14F3O2S2+. The van der Waals surface area contributed by atoms with Crippen LogP contribution in [0.3, 0.4) is 0 Å². The second-order valence-corrected chi connectivity index (χ2v) is 9.34. The van der Waals surface area contributed by atoms with Crippen LogP contribution < -0.4 is 0 Å². The number of hydrogen-bond acceptors (Lipinski definition) is 2. The number of alkyl halides is 3. The quantitative estimate of drug-likeness (QED) is 0.579. The molecule has 2 nitrogen and oxygen atoms in total. The van der Waals surface area contributed by atoms with Gasteiger partial charge in [0, 0.05) is 28.0 Å². The van der Waals surface area contributed by atoms with Crippen molar-refractivity contribution in [3.8, 4) is 4.90 Å². The van der Waals surface area contributed by atoms with Gasteiger partial charge in [0.25, 0.3) is 0 Å². The highest BCUT2D eigenvalue weighted by molar-refractivity contribution is 7.91. The maximum absolute atomic E-state index is 13.4. The van der Waals surface area contributed by atoms with Crippen molar-refractivity contribution in [2.24, 2.45) is 0 Å². The highest BCUT2D eigenvalue weighted by Gasteiger charge is 2.38. The van der Waals surface area contributed by atoms with Crippen molar-refractivity contribution in [2.75, 3.05) is 5.75 Å². The van der Waals surface area contributed by atoms with Crippen LogP contribution in [-0.4, -0.2) is 14.2 Å². The minimum atomic E-state index is -4.72. The first-order valence-corrected chi connectivity index (χ1v) is 10.1. The number of sulfone groups is 1. The van der Waals surface area contributed by atoms with E-state index in [1.165, 1.54) is 13.0 Å². The first-order valence-electron chi connectivity index (χ1n) is 7.18. The Morgan fingerprint density at radius 2 is 1.75 bits per heavy atom. The molecule has 7 heteroatoms. The number of rotatable bonds is 3. The van der Waals surface area contributed by atoms with Crippen LogP contribution in [0.4, 0.5) is 13.2 Å². The maximum atomic E-state index is 13.4. The molecule has 1 atom stereocenters. The smallest absolute Gasteiger partial charge is 0.224 e. The molecule has 0 radical (unpaired) electrons. The van der Waals surface area contributed by atoms with E-state index >= 15 is 0 Å². The molecule has 1 aromatic heterocycles. The van der Waals surface area contributed by atoms with Crippen molar-refractivity contribution in [1.29, 1.82) is 0 Å². The van der Waals surface area contributed by atoms with Crippen LogP contribution in [0.1, 0.15) is 12.5 Å². The fourth-order valence-corrected chi connectivity index (χ4v) is 5.54. The van der Waals surface area contributed by atoms with Gasteiger partial charge in [0.2, 0.25) is 0 Å². The average Bonchev–Trinajstić information content (AvgIpc) is 2.97. The number of halogens is 3. The van der Waals surface area contributed by atoms with Crippen molar-refractivity contribution in [1.82, 2.24) is 0 Å². The summed E-state index contributed by atoms with van der Waals surface area (Å²) in [5.74, 6) is -0.371. The van der Waals surface area contributed by atoms with Crippen molar-refractivity contribution in [3.63, 3.8) is 0 Å². The highest BCUT2D eigenvalue weighted by Crippen LogP contribution is 2.43. The molecule has 0 spiro atoms. The van der Waals surface area contributed by atoms with Crippen molar-refractivity contribution in [3.05, 3.63) is 59.5 Å². The molecule has 3 rings (SSSR count). The van der Waals surface area contributed by atoms with E-state index in [-0.39, 0.29) is 5.75 Å². The lowest BCUT2D eigenvalue weighted by molar-refractivity contribution is -0.139. The second kappa shape index (κ2) is 5.89. The monoisotopic (exact) mass is 371 g/mol. The van der Waals surface area contributed by atoms with E-state index in [9.17, 15) is 21.6 Å². The van der Waals surface area contributed by atoms with Crippen LogP contribution in [0.5, 0.6) is 0 Å². The van der Waals surface area contributed by atoms with Gasteiger partial charge in [0.1, 0.15) is 5.38 Å². The Hall–Kier alpha value is -1.86. The summed E-state index contributed by atoms with van der Waals surface area (Å²) in [5.41, 5.74) is -1.09. The van der Waals surface area contributed by atoms with Gasteiger partial charge < -0.3 is 0 Å². The number of benzene rings is 2. The minimum absolute atomic E-state index is 0.371. The van der Waals surface area contributed by atoms with E-state index in [2.05, 4.69) is 0 Å². The van der Waals surface area contributed by atoms with Gasteiger partial charge >= 0.3 is 6.18 Å². The zero-order valence-corrected chi connectivity index (χ0v) is 14.3. The largest absolute Gasteiger partial charge is 0.417 e. The second-order valence-electron chi connectivity index (χ2n) is 5.24. The number of hydrogen-bond donors (Lipinski definition) is 0. The molecule has 0 fully saturated rings. The van der Waals surface area contributed by atoms with Crippen LogP contribution in [0, 0.1) is 0 Å². The van der Waals surface area contributed by atoms with Gasteiger partial charge in [0.05, 0.1) is 16.2 Å². The first-order chi connectivity index (χ1) is 11.2. The normalized spacial score (nSPS) is 13.4. The summed E-state index contributed by atoms with van der Waals surface area (Å²) in [6, 6.07) is 12.9. The summed E-state index contributed by atoms with van der Waals surface area (Å²) in [6.07, 6.45) is -4.72. The van der Waals surface area contributed by atoms with Gasteiger partial charge in [-0.05, 0) is 24.3 Å². The standard InChI is InChI=1S/C17H14F3O2S2/c1-2-24(21,22)16-8-7-13(11-14(16)17(18,19)20)23-10-9-12-5-3-4-6-15(12)23/h3-11H,2H2,1H3/q+1. The Labute approximate surface area is 140 Å². The molecule has 0 saturated heterocycles. The first kappa shape index (κ1) is 17.0. The van der Waals surface area contributed by atoms with Gasteiger partial charge in [-0.2, -0.15) is 13.2 Å². The molecule has 0 saturated carbocycles. The predicted octanol–water partition coefficient (Wildman–Crippen LogP) is 5.39. The third-order valence-electron chi connectivity index (χ3n) is 3.77. The van der Waals surface area contributed by atoms with Crippen LogP contribution in [0.2, 0.25) is 0 Å². The van der Waals surface area contributed by atoms with E-state index in [4.69, 9.17) is 0 Å². The molecule has 1 unspecified atom stereocenters. The van der Waals surface area contributed by atoms with Crippen LogP contribution >= 0.6 is 10.5 Å². The SMILES string of the molecule is CCS(=O)(=O)c1ccc(-[s+]2ccc3ccccc32)cc1C(F)(F)F. The van der Waals surface area contributed by atoms with E-state index < -0.39 is 36.9 Å². The molecule has 0 bridgehead atoms. The lowest BCUT2D eigenvalue weighted by atomic mass is 10.2. The van der Waals surface area contributed by atoms with Gasteiger partial charge in [0.15, 0.2) is 19.4 Å². The third kappa shape index (κ3) is 2.93. The summed E-state index contributed by atoms with van der Waals surface area (Å²) in [5, 5.41) is 2.83. The van der Waals surface area contributed by atoms with E-state index in [1.807, 2.05) is 35.7 Å². The Kier molecular flexibility index (Phi) is 4.17. The van der Waals surface area contributed by atoms with Gasteiger partial charge in [-0.25, -0.2) is 8.42 Å². The summed E-state index contributed by atoms with van der Waals surface area (Å²) in [4.78, 5) is -0.195. The summed E-state index contributed by atoms with van der Waals surface area (Å²) >= 11 is 0. The molecule has 0 aliphatic carbocycles. The predicted molar refractivity (Wildman–Crippen MR) is 90.5 cm³/mol. The lowest BCUT2D eigenvalue weighted by Crippen LogP contribution is -2.14. The summed E-state index contributed by atoms with van der Waals surface area (Å²) in [7, 11) is -4.57. The number of fused-ring (bicyclic) bond motifs is 1. The maximum Gasteiger partial charge on any atom is 0.417 e. The molecule has 0 aliphatic rings. The zero-order valence-electron chi connectivity index (χ0n) is 12.7. The molecular weight excluding hydrogens is 357 g/mol. The molecule has 126 valence electrons. The van der Waals surface area contributed by atoms with Crippen LogP contribution in [-0.2, 0) is 16.0 Å². The van der Waals surface area contributed by atoms with Crippen LogP contribution in [0.15, 0.2) is 58.8 Å². The van der Waals surface area contributed by atoms with Crippen molar-refractivity contribution in [2.45, 2.75) is 18.0 Å². The summed E-state index contributed by atoms with van der Waals surface area (Å²) in [6.45, 7) is 1.33. The van der Waals surface area contributed by atoms with Gasteiger partial charge in [-0.3, -0.25) is 0 Å². The van der Waals surface area contributed by atoms with Gasteiger partial charge in [-0.15, -0.1) is 0 Å². The fraction of sp³-hybridized carbons (Fsp3) is 0.176. The van der Waals surface area contributed by atoms with E-state index in [1.54, 1.807) is 0 Å². The Morgan fingerprint density at radius 1 is 1.04 bits per heavy atom. The van der Waals surface area contributed by atoms with E-state index in [0.29, 0.717) is 4.90 Å². The van der Waals surface area contributed by atoms with Crippen molar-refractivity contribution >= 4 is 30.4 Å². The Balaban J connectivity index is 2.25. The zero-order chi connectivity index (χ0) is 17.5. The summed E-state index contributed by atoms with van der Waals surface area (Å²) < 4.78 is 65.1. The molecule has 3 aromatic rings. The lowest BCUT2D eigenvalue weighted by Gasteiger charge is -2.12. The minimum Gasteiger partial charge on any atom is -0.224 e. The topological polar surface area (TPSA) is 34.1 Å². The van der Waals surface area contributed by atoms with Crippen molar-refractivity contribution < 1.29 is 21.6 Å². The van der Waals surface area contributed by atoms with E-state index in [0.717, 1.165) is 22.2 Å². The fourth-order valence-electron chi connectivity index (χ4n) is 2.53. The Bertz CT molecular complexity index is 1000. The Morgan fingerprint density at radius 3 is 2.42 bits per heavy atom. The van der Waals surface area contributed by atoms with Crippen LogP contribution in [0.25, 0.3) is 15.0 Å². The highest BCUT2D eigenvalue weighted by atomic mass is 32.2. The molecule has 24 heavy (non-hydrogen) atoms. The third-order valence-corrected chi connectivity index (χ3v) is 7.57. The molecule has 1 heterocycles. The molecule has 0 aliphatic heterocycles. The van der Waals surface area contributed by atoms with Gasteiger partial charge in [-0.1, -0.05) is 19.1 Å². The molecule has 2 aromatic carbocycles. The molecule has 0 N–H and O–H groups in total. The average molecular weight is 371 g/mol.